The molecule has 1 heterocycles. The van der Waals surface area contributed by atoms with E-state index in [1.807, 2.05) is 52.8 Å². The van der Waals surface area contributed by atoms with E-state index in [2.05, 4.69) is 13.8 Å². The molecule has 1 unspecified atom stereocenters. The van der Waals surface area contributed by atoms with E-state index >= 15 is 0 Å². The van der Waals surface area contributed by atoms with E-state index in [0.717, 1.165) is 16.9 Å². The molecule has 0 spiro atoms. The van der Waals surface area contributed by atoms with Gasteiger partial charge in [0.15, 0.2) is 0 Å². The van der Waals surface area contributed by atoms with Crippen LogP contribution in [0.25, 0.3) is 0 Å². The van der Waals surface area contributed by atoms with Gasteiger partial charge in [-0.25, -0.2) is 9.59 Å². The number of nitrogens with zero attached hydrogens (tertiary/aromatic N) is 1. The monoisotopic (exact) mass is 451 g/mol. The predicted octanol–water partition coefficient (Wildman–Crippen LogP) is 5.59. The van der Waals surface area contributed by atoms with Crippen molar-refractivity contribution in [2.24, 2.45) is 0 Å². The van der Waals surface area contributed by atoms with Gasteiger partial charge in [-0.1, -0.05) is 26.0 Å². The van der Waals surface area contributed by atoms with E-state index in [-0.39, 0.29) is 28.9 Å². The normalized spacial score (nSPS) is 18.4. The molecule has 0 radical (unpaired) electrons. The Kier molecular flexibility index (Phi) is 8.45. The molecular weight excluding hydrogens is 414 g/mol. The second-order valence-corrected chi connectivity index (χ2v) is 11.2. The lowest BCUT2D eigenvalue weighted by molar-refractivity contribution is -0.00579. The molecule has 1 aromatic carbocycles. The summed E-state index contributed by atoms with van der Waals surface area (Å²) in [7, 11) is 0. The van der Waals surface area contributed by atoms with E-state index in [9.17, 15) is 9.59 Å². The molecule has 0 bridgehead atoms. The van der Waals surface area contributed by atoms with E-state index in [4.69, 9.17) is 14.2 Å². The highest BCUT2D eigenvalue weighted by atomic mass is 32.2. The molecule has 1 atom stereocenters. The average molecular weight is 452 g/mol. The maximum atomic E-state index is 12.8. The van der Waals surface area contributed by atoms with Crippen LogP contribution in [0, 0.1) is 0 Å². The second kappa shape index (κ2) is 10.3. The van der Waals surface area contributed by atoms with Crippen LogP contribution in [0.5, 0.6) is 0 Å². The summed E-state index contributed by atoms with van der Waals surface area (Å²) in [6.07, 6.45) is -0.318. The highest BCUT2D eigenvalue weighted by Gasteiger charge is 2.45. The van der Waals surface area contributed by atoms with Gasteiger partial charge in [0.25, 0.3) is 0 Å². The van der Waals surface area contributed by atoms with Crippen LogP contribution in [0.15, 0.2) is 18.2 Å². The van der Waals surface area contributed by atoms with Gasteiger partial charge in [0.1, 0.15) is 5.60 Å². The molecule has 1 fully saturated rings. The lowest BCUT2D eigenvalue weighted by atomic mass is 9.95. The van der Waals surface area contributed by atoms with Crippen molar-refractivity contribution in [1.82, 2.24) is 4.90 Å². The molecule has 31 heavy (non-hydrogen) atoms. The molecule has 2 rings (SSSR count). The molecule has 1 aromatic rings. The molecule has 0 aliphatic carbocycles. The van der Waals surface area contributed by atoms with Gasteiger partial charge in [-0.15, -0.1) is 11.8 Å². The van der Waals surface area contributed by atoms with Crippen molar-refractivity contribution in [2.45, 2.75) is 84.4 Å². The summed E-state index contributed by atoms with van der Waals surface area (Å²) in [5.74, 6) is 0.694. The van der Waals surface area contributed by atoms with Gasteiger partial charge < -0.3 is 14.2 Å². The summed E-state index contributed by atoms with van der Waals surface area (Å²) in [6.45, 7) is 16.7. The molecule has 1 amide bonds. The third kappa shape index (κ3) is 6.88. The van der Waals surface area contributed by atoms with Crippen LogP contribution in [-0.4, -0.2) is 52.4 Å². The van der Waals surface area contributed by atoms with Crippen LogP contribution >= 0.6 is 11.8 Å². The van der Waals surface area contributed by atoms with Crippen LogP contribution < -0.4 is 0 Å². The lowest BCUT2D eigenvalue weighted by Crippen LogP contribution is -2.50. The Morgan fingerprint density at radius 1 is 1.26 bits per heavy atom. The number of hydrogen-bond donors (Lipinski definition) is 0. The van der Waals surface area contributed by atoms with Gasteiger partial charge in [0, 0.05) is 5.75 Å². The van der Waals surface area contributed by atoms with Crippen LogP contribution in [0.1, 0.15) is 82.8 Å². The molecule has 0 aromatic heterocycles. The highest BCUT2D eigenvalue weighted by Crippen LogP contribution is 2.40. The fraction of sp³-hybridized carbons (Fsp3) is 0.667. The van der Waals surface area contributed by atoms with Gasteiger partial charge in [-0.3, -0.25) is 4.90 Å². The number of benzene rings is 1. The van der Waals surface area contributed by atoms with Crippen molar-refractivity contribution in [3.63, 3.8) is 0 Å². The SMILES string of the molecule is CCOC(=O)c1cc(COCC2CSC(C)(C)N2C(=O)OC(C)(C)C)ccc1C(C)C. The summed E-state index contributed by atoms with van der Waals surface area (Å²) >= 11 is 1.72. The first-order valence-corrected chi connectivity index (χ1v) is 11.9. The van der Waals surface area contributed by atoms with Gasteiger partial charge in [0.2, 0.25) is 0 Å². The lowest BCUT2D eigenvalue weighted by Gasteiger charge is -2.36. The summed E-state index contributed by atoms with van der Waals surface area (Å²) in [6, 6.07) is 5.73. The van der Waals surface area contributed by atoms with E-state index in [0.29, 0.717) is 25.4 Å². The average Bonchev–Trinajstić information content (AvgIpc) is 2.94. The first kappa shape index (κ1) is 25.5. The zero-order chi connectivity index (χ0) is 23.4. The minimum Gasteiger partial charge on any atom is -0.462 e. The quantitative estimate of drug-likeness (QED) is 0.503. The maximum Gasteiger partial charge on any atom is 0.411 e. The Balaban J connectivity index is 2.07. The number of carbonyl (C=O) groups excluding carboxylic acids is 2. The van der Waals surface area contributed by atoms with E-state index in [1.54, 1.807) is 23.6 Å². The molecule has 1 saturated heterocycles. The minimum atomic E-state index is -0.548. The molecule has 0 saturated carbocycles. The topological polar surface area (TPSA) is 65.1 Å². The molecule has 6 nitrogen and oxygen atoms in total. The highest BCUT2D eigenvalue weighted by molar-refractivity contribution is 8.00. The molecule has 174 valence electrons. The van der Waals surface area contributed by atoms with Crippen LogP contribution in [0.2, 0.25) is 0 Å². The Labute approximate surface area is 191 Å². The van der Waals surface area contributed by atoms with Crippen molar-refractivity contribution in [1.29, 1.82) is 0 Å². The summed E-state index contributed by atoms with van der Waals surface area (Å²) in [4.78, 5) is 26.6. The second-order valence-electron chi connectivity index (χ2n) is 9.57. The zero-order valence-corrected chi connectivity index (χ0v) is 20.9. The van der Waals surface area contributed by atoms with Crippen LogP contribution in [0.3, 0.4) is 0 Å². The molecular formula is C24H37NO5S. The summed E-state index contributed by atoms with van der Waals surface area (Å²) in [5, 5.41) is 0. The summed E-state index contributed by atoms with van der Waals surface area (Å²) < 4.78 is 16.8. The van der Waals surface area contributed by atoms with Gasteiger partial charge in [-0.2, -0.15) is 0 Å². The number of ether oxygens (including phenoxy) is 3. The van der Waals surface area contributed by atoms with Crippen LogP contribution in [-0.2, 0) is 20.8 Å². The van der Waals surface area contributed by atoms with E-state index in [1.165, 1.54) is 0 Å². The van der Waals surface area contributed by atoms with Gasteiger partial charge >= 0.3 is 12.1 Å². The molecule has 7 heteroatoms. The van der Waals surface area contributed by atoms with Gasteiger partial charge in [-0.05, 0) is 64.7 Å². The van der Waals surface area contributed by atoms with Crippen molar-refractivity contribution >= 4 is 23.8 Å². The van der Waals surface area contributed by atoms with Crippen molar-refractivity contribution in [3.8, 4) is 0 Å². The fourth-order valence-corrected chi connectivity index (χ4v) is 4.79. The predicted molar refractivity (Wildman–Crippen MR) is 125 cm³/mol. The Morgan fingerprint density at radius 2 is 1.94 bits per heavy atom. The molecule has 1 aliphatic rings. The van der Waals surface area contributed by atoms with Crippen molar-refractivity contribution < 1.29 is 23.8 Å². The molecule has 1 aliphatic heterocycles. The zero-order valence-electron chi connectivity index (χ0n) is 20.1. The fourth-order valence-electron chi connectivity index (χ4n) is 3.58. The number of thioether (sulfide) groups is 1. The van der Waals surface area contributed by atoms with Crippen molar-refractivity contribution in [2.75, 3.05) is 19.0 Å². The van der Waals surface area contributed by atoms with Crippen molar-refractivity contribution in [3.05, 3.63) is 34.9 Å². The van der Waals surface area contributed by atoms with Crippen LogP contribution in [0.4, 0.5) is 4.79 Å². The third-order valence-corrected chi connectivity index (χ3v) is 6.43. The Hall–Kier alpha value is -1.73. The maximum absolute atomic E-state index is 12.8. The van der Waals surface area contributed by atoms with Gasteiger partial charge in [0.05, 0.1) is 36.3 Å². The first-order chi connectivity index (χ1) is 14.4. The number of amides is 1. The number of hydrogen-bond acceptors (Lipinski definition) is 6. The smallest absolute Gasteiger partial charge is 0.411 e. The standard InChI is InChI=1S/C24H37NO5S/c1-9-29-21(26)20-12-17(10-11-19(20)16(2)3)13-28-14-18-15-31-24(7,8)25(18)22(27)30-23(4,5)6/h10-12,16,18H,9,13-15H2,1-8H3. The number of esters is 1. The largest absolute Gasteiger partial charge is 0.462 e. The number of carbonyl (C=O) groups is 2. The summed E-state index contributed by atoms with van der Waals surface area (Å²) in [5.41, 5.74) is 1.91. The first-order valence-electron chi connectivity index (χ1n) is 10.9. The third-order valence-electron chi connectivity index (χ3n) is 4.98. The Morgan fingerprint density at radius 3 is 2.52 bits per heavy atom. The molecule has 0 N–H and O–H groups in total. The number of rotatable bonds is 7. The van der Waals surface area contributed by atoms with E-state index < -0.39 is 5.60 Å². The minimum absolute atomic E-state index is 0.0747. The Bertz CT molecular complexity index is 785.